The second-order valence-corrected chi connectivity index (χ2v) is 6.99. The second kappa shape index (κ2) is 7.98. The lowest BCUT2D eigenvalue weighted by molar-refractivity contribution is 0.183. The minimum absolute atomic E-state index is 0.515. The van der Waals surface area contributed by atoms with Crippen LogP contribution in [0.5, 0.6) is 0 Å². The number of hydrogen-bond donors (Lipinski definition) is 1. The summed E-state index contributed by atoms with van der Waals surface area (Å²) in [5.74, 6) is 2.51. The van der Waals surface area contributed by atoms with Gasteiger partial charge in [0, 0.05) is 12.2 Å². The maximum atomic E-state index is 4.81. The molecule has 3 nitrogen and oxygen atoms in total. The minimum Gasteiger partial charge on any atom is -0.317 e. The highest BCUT2D eigenvalue weighted by molar-refractivity contribution is 5.02. The monoisotopic (exact) mass is 291 g/mol. The van der Waals surface area contributed by atoms with E-state index >= 15 is 0 Å². The molecule has 4 unspecified atom stereocenters. The summed E-state index contributed by atoms with van der Waals surface area (Å²) in [6, 6.07) is 2.75. The highest BCUT2D eigenvalue weighted by Gasteiger charge is 2.28. The molecule has 1 heterocycles. The molecule has 0 saturated heterocycles. The lowest BCUT2D eigenvalue weighted by Crippen LogP contribution is -2.33. The van der Waals surface area contributed by atoms with Gasteiger partial charge in [-0.3, -0.25) is 4.68 Å². The zero-order chi connectivity index (χ0) is 15.2. The fourth-order valence-corrected chi connectivity index (χ4v) is 3.60. The van der Waals surface area contributed by atoms with Crippen LogP contribution in [-0.2, 0) is 6.42 Å². The molecule has 0 spiro atoms. The molecule has 1 aliphatic carbocycles. The van der Waals surface area contributed by atoms with Gasteiger partial charge in [-0.15, -0.1) is 0 Å². The summed E-state index contributed by atoms with van der Waals surface area (Å²) in [4.78, 5) is 0. The van der Waals surface area contributed by atoms with Crippen LogP contribution in [0.4, 0.5) is 0 Å². The number of nitrogens with zero attached hydrogens (tertiary/aromatic N) is 2. The molecule has 0 bridgehead atoms. The van der Waals surface area contributed by atoms with E-state index in [4.69, 9.17) is 5.10 Å². The molecule has 1 aromatic rings. The molecule has 1 aromatic heterocycles. The van der Waals surface area contributed by atoms with E-state index in [0.29, 0.717) is 6.04 Å². The molecule has 120 valence electrons. The maximum Gasteiger partial charge on any atom is 0.0627 e. The van der Waals surface area contributed by atoms with Crippen LogP contribution in [0.3, 0.4) is 0 Å². The average molecular weight is 291 g/mol. The first kappa shape index (κ1) is 16.5. The Balaban J connectivity index is 1.98. The van der Waals surface area contributed by atoms with Gasteiger partial charge in [0.25, 0.3) is 0 Å². The van der Waals surface area contributed by atoms with Crippen molar-refractivity contribution in [2.45, 2.75) is 65.8 Å². The maximum absolute atomic E-state index is 4.81. The summed E-state index contributed by atoms with van der Waals surface area (Å²) >= 11 is 0. The molecule has 1 aliphatic rings. The predicted octanol–water partition coefficient (Wildman–Crippen LogP) is 4.06. The molecule has 1 N–H and O–H groups in total. The summed E-state index contributed by atoms with van der Waals surface area (Å²) in [5.41, 5.74) is 1.29. The van der Waals surface area contributed by atoms with Crippen LogP contribution in [0.1, 0.15) is 65.1 Å². The standard InChI is InChI=1S/C18H33N3/c1-5-15(4)21-10-9-18(20-21)12-17-11-14(3)7-8-16(17)13-19-6-2/h9-10,14-17,19H,5-8,11-13H2,1-4H3. The molecule has 0 aromatic carbocycles. The summed E-state index contributed by atoms with van der Waals surface area (Å²) in [5, 5.41) is 8.37. The molecule has 2 rings (SSSR count). The Labute approximate surface area is 130 Å². The number of rotatable bonds is 7. The van der Waals surface area contributed by atoms with E-state index < -0.39 is 0 Å². The molecular weight excluding hydrogens is 258 g/mol. The van der Waals surface area contributed by atoms with Gasteiger partial charge < -0.3 is 5.32 Å². The van der Waals surface area contributed by atoms with Gasteiger partial charge in [-0.25, -0.2) is 0 Å². The van der Waals surface area contributed by atoms with Gasteiger partial charge in [-0.1, -0.05) is 27.2 Å². The molecule has 4 atom stereocenters. The Morgan fingerprint density at radius 3 is 2.86 bits per heavy atom. The highest BCUT2D eigenvalue weighted by Crippen LogP contribution is 2.35. The zero-order valence-electron chi connectivity index (χ0n) is 14.3. The van der Waals surface area contributed by atoms with E-state index in [0.717, 1.165) is 37.1 Å². The van der Waals surface area contributed by atoms with E-state index in [1.807, 2.05) is 0 Å². The van der Waals surface area contributed by atoms with Crippen LogP contribution in [0.15, 0.2) is 12.3 Å². The van der Waals surface area contributed by atoms with Crippen LogP contribution in [-0.4, -0.2) is 22.9 Å². The third kappa shape index (κ3) is 4.57. The lowest BCUT2D eigenvalue weighted by Gasteiger charge is -2.35. The van der Waals surface area contributed by atoms with E-state index in [2.05, 4.69) is 50.0 Å². The van der Waals surface area contributed by atoms with E-state index in [1.165, 1.54) is 31.5 Å². The molecule has 0 aliphatic heterocycles. The van der Waals surface area contributed by atoms with Crippen LogP contribution < -0.4 is 5.32 Å². The quantitative estimate of drug-likeness (QED) is 0.821. The second-order valence-electron chi connectivity index (χ2n) is 6.99. The average Bonchev–Trinajstić information content (AvgIpc) is 2.94. The Morgan fingerprint density at radius 1 is 1.33 bits per heavy atom. The summed E-state index contributed by atoms with van der Waals surface area (Å²) < 4.78 is 2.14. The lowest BCUT2D eigenvalue weighted by atomic mass is 9.73. The molecule has 0 amide bonds. The van der Waals surface area contributed by atoms with Crippen molar-refractivity contribution in [1.82, 2.24) is 15.1 Å². The first-order valence-electron chi connectivity index (χ1n) is 8.88. The Kier molecular flexibility index (Phi) is 6.28. The molecule has 3 heteroatoms. The van der Waals surface area contributed by atoms with Gasteiger partial charge >= 0.3 is 0 Å². The van der Waals surface area contributed by atoms with Crippen molar-refractivity contribution >= 4 is 0 Å². The molecule has 21 heavy (non-hydrogen) atoms. The molecule has 0 radical (unpaired) electrons. The summed E-state index contributed by atoms with van der Waals surface area (Å²) in [6.07, 6.45) is 8.61. The van der Waals surface area contributed by atoms with Crippen molar-refractivity contribution in [1.29, 1.82) is 0 Å². The largest absolute Gasteiger partial charge is 0.317 e. The third-order valence-corrected chi connectivity index (χ3v) is 5.24. The smallest absolute Gasteiger partial charge is 0.0627 e. The normalized spacial score (nSPS) is 27.7. The van der Waals surface area contributed by atoms with Gasteiger partial charge in [0.1, 0.15) is 0 Å². The van der Waals surface area contributed by atoms with Crippen LogP contribution in [0.25, 0.3) is 0 Å². The summed E-state index contributed by atoms with van der Waals surface area (Å²) in [6.45, 7) is 11.3. The highest BCUT2D eigenvalue weighted by atomic mass is 15.3. The SMILES string of the molecule is CCNCC1CCC(C)CC1Cc1ccn(C(C)CC)n1. The van der Waals surface area contributed by atoms with Crippen molar-refractivity contribution < 1.29 is 0 Å². The Hall–Kier alpha value is -0.830. The van der Waals surface area contributed by atoms with Gasteiger partial charge in [-0.05, 0) is 69.5 Å². The van der Waals surface area contributed by atoms with Crippen molar-refractivity contribution in [2.24, 2.45) is 17.8 Å². The fourth-order valence-electron chi connectivity index (χ4n) is 3.60. The van der Waals surface area contributed by atoms with Gasteiger partial charge in [-0.2, -0.15) is 5.10 Å². The zero-order valence-corrected chi connectivity index (χ0v) is 14.3. The van der Waals surface area contributed by atoms with E-state index in [9.17, 15) is 0 Å². The number of aromatic nitrogens is 2. The van der Waals surface area contributed by atoms with Gasteiger partial charge in [0.2, 0.25) is 0 Å². The van der Waals surface area contributed by atoms with Crippen LogP contribution >= 0.6 is 0 Å². The third-order valence-electron chi connectivity index (χ3n) is 5.24. The van der Waals surface area contributed by atoms with Crippen LogP contribution in [0.2, 0.25) is 0 Å². The van der Waals surface area contributed by atoms with E-state index in [-0.39, 0.29) is 0 Å². The van der Waals surface area contributed by atoms with Crippen LogP contribution in [0, 0.1) is 17.8 Å². The number of hydrogen-bond acceptors (Lipinski definition) is 2. The van der Waals surface area contributed by atoms with Gasteiger partial charge in [0.05, 0.1) is 5.69 Å². The Morgan fingerprint density at radius 2 is 2.14 bits per heavy atom. The molecule has 1 saturated carbocycles. The van der Waals surface area contributed by atoms with E-state index in [1.54, 1.807) is 0 Å². The Bertz CT molecular complexity index is 410. The van der Waals surface area contributed by atoms with Crippen molar-refractivity contribution in [3.8, 4) is 0 Å². The summed E-state index contributed by atoms with van der Waals surface area (Å²) in [7, 11) is 0. The van der Waals surface area contributed by atoms with Gasteiger partial charge in [0.15, 0.2) is 0 Å². The van der Waals surface area contributed by atoms with Crippen molar-refractivity contribution in [2.75, 3.05) is 13.1 Å². The first-order chi connectivity index (χ1) is 10.1. The predicted molar refractivity (Wildman–Crippen MR) is 89.5 cm³/mol. The molecule has 1 fully saturated rings. The fraction of sp³-hybridized carbons (Fsp3) is 0.833. The first-order valence-corrected chi connectivity index (χ1v) is 8.88. The topological polar surface area (TPSA) is 29.9 Å². The molecular formula is C18H33N3. The van der Waals surface area contributed by atoms with Crippen molar-refractivity contribution in [3.05, 3.63) is 18.0 Å². The number of nitrogens with one attached hydrogen (secondary N) is 1. The minimum atomic E-state index is 0.515. The van der Waals surface area contributed by atoms with Crippen molar-refractivity contribution in [3.63, 3.8) is 0 Å².